The van der Waals surface area contributed by atoms with Crippen molar-refractivity contribution in [1.29, 1.82) is 0 Å². The van der Waals surface area contributed by atoms with Crippen LogP contribution in [0.5, 0.6) is 0 Å². The van der Waals surface area contributed by atoms with Gasteiger partial charge < -0.3 is 4.90 Å². The molecule has 1 aromatic carbocycles. The third-order valence-corrected chi connectivity index (χ3v) is 3.32. The van der Waals surface area contributed by atoms with Gasteiger partial charge in [0.15, 0.2) is 0 Å². The molecule has 2 heteroatoms. The molecule has 0 N–H and O–H groups in total. The summed E-state index contributed by atoms with van der Waals surface area (Å²) < 4.78 is 1.19. The van der Waals surface area contributed by atoms with Crippen LogP contribution in [-0.4, -0.2) is 13.6 Å². The maximum absolute atomic E-state index is 3.52. The average molecular weight is 240 g/mol. The predicted molar refractivity (Wildman–Crippen MR) is 60.4 cm³/mol. The van der Waals surface area contributed by atoms with Crippen molar-refractivity contribution in [2.75, 3.05) is 18.5 Å². The Balaban J connectivity index is 2.46. The molecule has 0 amide bonds. The summed E-state index contributed by atoms with van der Waals surface area (Å²) in [6.45, 7) is 3.43. The Bertz CT molecular complexity index is 322. The number of fused-ring (bicyclic) bond motifs is 1. The highest BCUT2D eigenvalue weighted by Crippen LogP contribution is 2.38. The molecule has 0 bridgehead atoms. The fourth-order valence-electron chi connectivity index (χ4n) is 2.08. The predicted octanol–water partition coefficient (Wildman–Crippen LogP) is 3.39. The van der Waals surface area contributed by atoms with Gasteiger partial charge in [-0.25, -0.2) is 0 Å². The minimum atomic E-state index is 0.720. The van der Waals surface area contributed by atoms with Gasteiger partial charge in [0.25, 0.3) is 0 Å². The number of benzene rings is 1. The van der Waals surface area contributed by atoms with E-state index in [1.807, 2.05) is 0 Å². The lowest BCUT2D eigenvalue weighted by Gasteiger charge is -2.11. The molecule has 1 heterocycles. The summed E-state index contributed by atoms with van der Waals surface area (Å²) in [7, 11) is 2.17. The molecule has 0 saturated heterocycles. The molecule has 1 unspecified atom stereocenters. The Morgan fingerprint density at radius 2 is 2.31 bits per heavy atom. The van der Waals surface area contributed by atoms with Crippen LogP contribution >= 0.6 is 15.9 Å². The lowest BCUT2D eigenvalue weighted by molar-refractivity contribution is 0.696. The Hall–Kier alpha value is -0.500. The quantitative estimate of drug-likeness (QED) is 0.727. The zero-order chi connectivity index (χ0) is 9.42. The first kappa shape index (κ1) is 9.07. The lowest BCUT2D eigenvalue weighted by Crippen LogP contribution is -2.14. The van der Waals surface area contributed by atoms with E-state index < -0.39 is 0 Å². The maximum atomic E-state index is 3.52. The topological polar surface area (TPSA) is 3.24 Å². The molecule has 1 atom stereocenters. The number of halogens is 1. The number of hydrogen-bond donors (Lipinski definition) is 0. The van der Waals surface area contributed by atoms with Crippen LogP contribution in [0, 0.1) is 0 Å². The molecule has 0 saturated carbocycles. The van der Waals surface area contributed by atoms with E-state index in [9.17, 15) is 0 Å². The van der Waals surface area contributed by atoms with Crippen molar-refractivity contribution < 1.29 is 0 Å². The van der Waals surface area contributed by atoms with E-state index in [1.54, 1.807) is 0 Å². The van der Waals surface area contributed by atoms with Gasteiger partial charge in [-0.3, -0.25) is 0 Å². The summed E-state index contributed by atoms with van der Waals surface area (Å²) in [6, 6.07) is 6.58. The van der Waals surface area contributed by atoms with Crippen LogP contribution in [0.1, 0.15) is 24.8 Å². The standard InChI is InChI=1S/C11H14BrN/c1-3-8-7-13(2)11-5-4-9(12)6-10(8)11/h4-6,8H,3,7H2,1-2H3. The zero-order valence-electron chi connectivity index (χ0n) is 8.05. The molecule has 0 spiro atoms. The minimum Gasteiger partial charge on any atom is -0.374 e. The first-order valence-corrected chi connectivity index (χ1v) is 5.52. The second kappa shape index (κ2) is 3.33. The Morgan fingerprint density at radius 3 is 3.00 bits per heavy atom. The highest BCUT2D eigenvalue weighted by Gasteiger charge is 2.24. The second-order valence-corrected chi connectivity index (χ2v) is 4.60. The third kappa shape index (κ3) is 1.48. The Morgan fingerprint density at radius 1 is 1.54 bits per heavy atom. The molecule has 0 aliphatic carbocycles. The van der Waals surface area contributed by atoms with Gasteiger partial charge >= 0.3 is 0 Å². The van der Waals surface area contributed by atoms with Crippen molar-refractivity contribution >= 4 is 21.6 Å². The molecule has 2 rings (SSSR count). The Kier molecular flexibility index (Phi) is 2.33. The largest absolute Gasteiger partial charge is 0.374 e. The van der Waals surface area contributed by atoms with Crippen molar-refractivity contribution in [1.82, 2.24) is 0 Å². The number of likely N-dealkylation sites (N-methyl/N-ethyl adjacent to an activating group) is 1. The maximum Gasteiger partial charge on any atom is 0.0400 e. The van der Waals surface area contributed by atoms with Crippen LogP contribution in [0.25, 0.3) is 0 Å². The van der Waals surface area contributed by atoms with Crippen LogP contribution in [0.2, 0.25) is 0 Å². The molecule has 1 aliphatic rings. The van der Waals surface area contributed by atoms with Crippen LogP contribution in [0.3, 0.4) is 0 Å². The molecule has 13 heavy (non-hydrogen) atoms. The zero-order valence-corrected chi connectivity index (χ0v) is 9.63. The first-order chi connectivity index (χ1) is 6.22. The van der Waals surface area contributed by atoms with Gasteiger partial charge in [-0.2, -0.15) is 0 Å². The van der Waals surface area contributed by atoms with E-state index in [1.165, 1.54) is 28.7 Å². The molecule has 1 aromatic rings. The number of rotatable bonds is 1. The van der Waals surface area contributed by atoms with Gasteiger partial charge in [0.2, 0.25) is 0 Å². The van der Waals surface area contributed by atoms with E-state index in [0.717, 1.165) is 5.92 Å². The van der Waals surface area contributed by atoms with E-state index in [-0.39, 0.29) is 0 Å². The van der Waals surface area contributed by atoms with Crippen LogP contribution in [0.4, 0.5) is 5.69 Å². The smallest absolute Gasteiger partial charge is 0.0400 e. The molecule has 1 nitrogen and oxygen atoms in total. The summed E-state index contributed by atoms with van der Waals surface area (Å²) in [5.74, 6) is 0.720. The summed E-state index contributed by atoms with van der Waals surface area (Å²) in [6.07, 6.45) is 1.23. The van der Waals surface area contributed by atoms with E-state index in [2.05, 4.69) is 53.0 Å². The lowest BCUT2D eigenvalue weighted by atomic mass is 9.99. The SMILES string of the molecule is CCC1CN(C)c2ccc(Br)cc21. The monoisotopic (exact) mass is 239 g/mol. The molecule has 0 fully saturated rings. The molecule has 1 aliphatic heterocycles. The van der Waals surface area contributed by atoms with Gasteiger partial charge in [0.1, 0.15) is 0 Å². The number of nitrogens with zero attached hydrogens (tertiary/aromatic N) is 1. The summed E-state index contributed by atoms with van der Waals surface area (Å²) >= 11 is 3.52. The Labute approximate surface area is 87.9 Å². The number of anilines is 1. The van der Waals surface area contributed by atoms with E-state index >= 15 is 0 Å². The highest BCUT2D eigenvalue weighted by atomic mass is 79.9. The van der Waals surface area contributed by atoms with Gasteiger partial charge in [0, 0.05) is 29.7 Å². The third-order valence-electron chi connectivity index (χ3n) is 2.83. The van der Waals surface area contributed by atoms with Crippen molar-refractivity contribution in [3.05, 3.63) is 28.2 Å². The van der Waals surface area contributed by atoms with Gasteiger partial charge in [-0.1, -0.05) is 22.9 Å². The fourth-order valence-corrected chi connectivity index (χ4v) is 2.46. The van der Waals surface area contributed by atoms with Crippen molar-refractivity contribution in [3.63, 3.8) is 0 Å². The van der Waals surface area contributed by atoms with E-state index in [0.29, 0.717) is 0 Å². The normalized spacial score (nSPS) is 20.5. The van der Waals surface area contributed by atoms with Crippen molar-refractivity contribution in [2.24, 2.45) is 0 Å². The van der Waals surface area contributed by atoms with E-state index in [4.69, 9.17) is 0 Å². The van der Waals surface area contributed by atoms with Crippen molar-refractivity contribution in [2.45, 2.75) is 19.3 Å². The molecule has 0 radical (unpaired) electrons. The summed E-state index contributed by atoms with van der Waals surface area (Å²) in [5.41, 5.74) is 2.90. The molecule has 70 valence electrons. The summed E-state index contributed by atoms with van der Waals surface area (Å²) in [4.78, 5) is 2.34. The first-order valence-electron chi connectivity index (χ1n) is 4.73. The molecular weight excluding hydrogens is 226 g/mol. The highest BCUT2D eigenvalue weighted by molar-refractivity contribution is 9.10. The number of hydrogen-bond acceptors (Lipinski definition) is 1. The van der Waals surface area contributed by atoms with Gasteiger partial charge in [0.05, 0.1) is 0 Å². The van der Waals surface area contributed by atoms with Gasteiger partial charge in [-0.05, 0) is 30.2 Å². The fraction of sp³-hybridized carbons (Fsp3) is 0.455. The molecule has 0 aromatic heterocycles. The van der Waals surface area contributed by atoms with Crippen LogP contribution in [0.15, 0.2) is 22.7 Å². The second-order valence-electron chi connectivity index (χ2n) is 3.69. The average Bonchev–Trinajstić information content (AvgIpc) is 2.42. The van der Waals surface area contributed by atoms with Crippen molar-refractivity contribution in [3.8, 4) is 0 Å². The minimum absolute atomic E-state index is 0.720. The van der Waals surface area contributed by atoms with Crippen LogP contribution in [-0.2, 0) is 0 Å². The van der Waals surface area contributed by atoms with Gasteiger partial charge in [-0.15, -0.1) is 0 Å². The summed E-state index contributed by atoms with van der Waals surface area (Å²) in [5, 5.41) is 0. The molecular formula is C11H14BrN. The van der Waals surface area contributed by atoms with Crippen LogP contribution < -0.4 is 4.90 Å².